The zero-order valence-electron chi connectivity index (χ0n) is 14.4. The van der Waals surface area contributed by atoms with E-state index in [1.165, 1.54) is 6.07 Å². The Bertz CT molecular complexity index is 751. The highest BCUT2D eigenvalue weighted by Gasteiger charge is 2.14. The van der Waals surface area contributed by atoms with Crippen molar-refractivity contribution >= 4 is 23.6 Å². The molecular weight excluding hydrogens is 314 g/mol. The maximum absolute atomic E-state index is 12.7. The topological polar surface area (TPSA) is 66.4 Å². The summed E-state index contributed by atoms with van der Waals surface area (Å²) in [4.78, 5) is 24.0. The molecule has 2 aromatic carbocycles. The highest BCUT2D eigenvalue weighted by atomic mass is 16.4. The average Bonchev–Trinajstić information content (AvgIpc) is 2.62. The Balaban J connectivity index is 2.23. The summed E-state index contributed by atoms with van der Waals surface area (Å²) < 4.78 is 0. The van der Waals surface area contributed by atoms with Crippen molar-refractivity contribution in [3.8, 4) is 0 Å². The number of anilines is 1. The molecule has 0 saturated heterocycles. The molecule has 0 aliphatic rings. The number of carbonyl (C=O) groups excluding carboxylic acids is 1. The summed E-state index contributed by atoms with van der Waals surface area (Å²) in [5.74, 6) is -1.32. The Kier molecular flexibility index (Phi) is 6.96. The molecule has 0 unspecified atom stereocenters. The number of carboxylic acids is 1. The van der Waals surface area contributed by atoms with Crippen LogP contribution in [0.1, 0.15) is 48.5 Å². The fraction of sp³-hybridized carbons (Fsp3) is 0.238. The van der Waals surface area contributed by atoms with Crippen LogP contribution in [0.4, 0.5) is 5.69 Å². The van der Waals surface area contributed by atoms with Crippen LogP contribution in [0, 0.1) is 0 Å². The van der Waals surface area contributed by atoms with Gasteiger partial charge in [0.25, 0.3) is 5.91 Å². The van der Waals surface area contributed by atoms with Crippen molar-refractivity contribution in [2.24, 2.45) is 0 Å². The van der Waals surface area contributed by atoms with Gasteiger partial charge in [-0.25, -0.2) is 4.79 Å². The molecule has 0 heterocycles. The van der Waals surface area contributed by atoms with Crippen LogP contribution in [0.2, 0.25) is 0 Å². The van der Waals surface area contributed by atoms with E-state index >= 15 is 0 Å². The molecule has 4 nitrogen and oxygen atoms in total. The molecule has 0 bridgehead atoms. The molecule has 0 atom stereocenters. The Morgan fingerprint density at radius 3 is 2.36 bits per heavy atom. The van der Waals surface area contributed by atoms with Gasteiger partial charge in [0.05, 0.1) is 11.3 Å². The summed E-state index contributed by atoms with van der Waals surface area (Å²) in [5, 5.41) is 12.0. The molecule has 130 valence electrons. The van der Waals surface area contributed by atoms with Gasteiger partial charge in [0, 0.05) is 5.57 Å². The SMILES string of the molecule is CCCCCC(=Cc1ccccc1)C(=O)Nc1ccccc1C(=O)O. The summed E-state index contributed by atoms with van der Waals surface area (Å²) in [6, 6.07) is 16.1. The lowest BCUT2D eigenvalue weighted by Crippen LogP contribution is -2.17. The molecule has 2 N–H and O–H groups in total. The molecule has 2 aromatic rings. The molecule has 0 aliphatic heterocycles. The van der Waals surface area contributed by atoms with Gasteiger partial charge >= 0.3 is 5.97 Å². The Labute approximate surface area is 148 Å². The lowest BCUT2D eigenvalue weighted by Gasteiger charge is -2.11. The van der Waals surface area contributed by atoms with Gasteiger partial charge in [-0.15, -0.1) is 0 Å². The fourth-order valence-corrected chi connectivity index (χ4v) is 2.55. The van der Waals surface area contributed by atoms with Crippen LogP contribution in [0.5, 0.6) is 0 Å². The average molecular weight is 337 g/mol. The van der Waals surface area contributed by atoms with E-state index in [1.807, 2.05) is 36.4 Å². The number of carbonyl (C=O) groups is 2. The minimum absolute atomic E-state index is 0.0865. The first-order valence-corrected chi connectivity index (χ1v) is 8.51. The van der Waals surface area contributed by atoms with Crippen molar-refractivity contribution in [3.63, 3.8) is 0 Å². The van der Waals surface area contributed by atoms with Crippen molar-refractivity contribution < 1.29 is 14.7 Å². The van der Waals surface area contributed by atoms with Crippen LogP contribution in [-0.4, -0.2) is 17.0 Å². The third-order valence-electron chi connectivity index (χ3n) is 3.89. The second-order valence-electron chi connectivity index (χ2n) is 5.84. The van der Waals surface area contributed by atoms with E-state index in [1.54, 1.807) is 18.2 Å². The van der Waals surface area contributed by atoms with E-state index in [0.29, 0.717) is 17.7 Å². The predicted molar refractivity (Wildman–Crippen MR) is 101 cm³/mol. The largest absolute Gasteiger partial charge is 0.478 e. The minimum atomic E-state index is -1.06. The number of para-hydroxylation sites is 1. The third kappa shape index (κ3) is 5.60. The second-order valence-corrected chi connectivity index (χ2v) is 5.84. The zero-order chi connectivity index (χ0) is 18.1. The Morgan fingerprint density at radius 2 is 1.68 bits per heavy atom. The smallest absolute Gasteiger partial charge is 0.337 e. The van der Waals surface area contributed by atoms with Crippen LogP contribution in [0.15, 0.2) is 60.2 Å². The summed E-state index contributed by atoms with van der Waals surface area (Å²) in [6.45, 7) is 2.11. The molecule has 25 heavy (non-hydrogen) atoms. The highest BCUT2D eigenvalue weighted by molar-refractivity contribution is 6.09. The third-order valence-corrected chi connectivity index (χ3v) is 3.89. The number of hydrogen-bond donors (Lipinski definition) is 2. The maximum atomic E-state index is 12.7. The first-order valence-electron chi connectivity index (χ1n) is 8.51. The lowest BCUT2D eigenvalue weighted by atomic mass is 10.0. The Morgan fingerprint density at radius 1 is 1.00 bits per heavy atom. The van der Waals surface area contributed by atoms with E-state index in [2.05, 4.69) is 12.2 Å². The molecule has 0 aliphatic carbocycles. The number of hydrogen-bond acceptors (Lipinski definition) is 2. The van der Waals surface area contributed by atoms with E-state index in [-0.39, 0.29) is 11.5 Å². The van der Waals surface area contributed by atoms with Crippen LogP contribution in [0.25, 0.3) is 6.08 Å². The monoisotopic (exact) mass is 337 g/mol. The van der Waals surface area contributed by atoms with Crippen LogP contribution in [-0.2, 0) is 4.79 Å². The Hall–Kier alpha value is -2.88. The molecule has 0 radical (unpaired) electrons. The van der Waals surface area contributed by atoms with Gasteiger partial charge in [0.15, 0.2) is 0 Å². The van der Waals surface area contributed by atoms with E-state index in [0.717, 1.165) is 24.8 Å². The maximum Gasteiger partial charge on any atom is 0.337 e. The quantitative estimate of drug-likeness (QED) is 0.527. The number of carboxylic acid groups (broad SMARTS) is 1. The number of nitrogens with one attached hydrogen (secondary N) is 1. The van der Waals surface area contributed by atoms with Gasteiger partial charge in [-0.1, -0.05) is 62.2 Å². The van der Waals surface area contributed by atoms with Crippen molar-refractivity contribution in [2.75, 3.05) is 5.32 Å². The van der Waals surface area contributed by atoms with Gasteiger partial charge in [0.2, 0.25) is 0 Å². The van der Waals surface area contributed by atoms with E-state index in [4.69, 9.17) is 0 Å². The van der Waals surface area contributed by atoms with Crippen molar-refractivity contribution in [2.45, 2.75) is 32.6 Å². The lowest BCUT2D eigenvalue weighted by molar-refractivity contribution is -0.112. The summed E-state index contributed by atoms with van der Waals surface area (Å²) in [6.07, 6.45) is 5.56. The molecule has 0 fully saturated rings. The fourth-order valence-electron chi connectivity index (χ4n) is 2.55. The molecule has 2 rings (SSSR count). The minimum Gasteiger partial charge on any atom is -0.478 e. The molecule has 0 saturated carbocycles. The number of unbranched alkanes of at least 4 members (excludes halogenated alkanes) is 2. The molecule has 1 amide bonds. The van der Waals surface area contributed by atoms with E-state index < -0.39 is 5.97 Å². The molecule has 4 heteroatoms. The normalized spacial score (nSPS) is 11.2. The summed E-state index contributed by atoms with van der Waals surface area (Å²) in [7, 11) is 0. The number of aromatic carboxylic acids is 1. The van der Waals surface area contributed by atoms with Crippen LogP contribution < -0.4 is 5.32 Å². The van der Waals surface area contributed by atoms with Gasteiger partial charge in [-0.05, 0) is 36.6 Å². The first-order chi connectivity index (χ1) is 12.1. The predicted octanol–water partition coefficient (Wildman–Crippen LogP) is 4.99. The molecule has 0 spiro atoms. The van der Waals surface area contributed by atoms with Crippen molar-refractivity contribution in [1.82, 2.24) is 0 Å². The van der Waals surface area contributed by atoms with Gasteiger partial charge in [-0.3, -0.25) is 4.79 Å². The second kappa shape index (κ2) is 9.42. The first kappa shape index (κ1) is 18.5. The van der Waals surface area contributed by atoms with Crippen molar-refractivity contribution in [3.05, 3.63) is 71.3 Å². The van der Waals surface area contributed by atoms with Crippen molar-refractivity contribution in [1.29, 1.82) is 0 Å². The van der Waals surface area contributed by atoms with Crippen LogP contribution in [0.3, 0.4) is 0 Å². The summed E-state index contributed by atoms with van der Waals surface area (Å²) in [5.41, 5.74) is 2.01. The standard InChI is InChI=1S/C21H23NO3/c1-2-3-5-12-17(15-16-10-6-4-7-11-16)20(23)22-19-14-9-8-13-18(19)21(24)25/h4,6-11,13-15H,2-3,5,12H2,1H3,(H,22,23)(H,24,25). The molecule has 0 aromatic heterocycles. The highest BCUT2D eigenvalue weighted by Crippen LogP contribution is 2.19. The van der Waals surface area contributed by atoms with Gasteiger partial charge < -0.3 is 10.4 Å². The van der Waals surface area contributed by atoms with Gasteiger partial charge in [0.1, 0.15) is 0 Å². The number of rotatable bonds is 8. The van der Waals surface area contributed by atoms with Crippen LogP contribution >= 0.6 is 0 Å². The zero-order valence-corrected chi connectivity index (χ0v) is 14.4. The van der Waals surface area contributed by atoms with Gasteiger partial charge in [-0.2, -0.15) is 0 Å². The number of benzene rings is 2. The van der Waals surface area contributed by atoms with E-state index in [9.17, 15) is 14.7 Å². The molecular formula is C21H23NO3. The summed E-state index contributed by atoms with van der Waals surface area (Å²) >= 11 is 0. The number of amides is 1.